The zero-order valence-corrected chi connectivity index (χ0v) is 13.9. The number of anilines is 1. The third-order valence-corrected chi connectivity index (χ3v) is 4.26. The van der Waals surface area contributed by atoms with E-state index in [1.165, 1.54) is 11.0 Å². The van der Waals surface area contributed by atoms with Crippen molar-refractivity contribution < 1.29 is 13.9 Å². The zero-order valence-electron chi connectivity index (χ0n) is 13.2. The topological polar surface area (TPSA) is 29.5 Å². The van der Waals surface area contributed by atoms with Crippen molar-refractivity contribution in [2.75, 3.05) is 4.90 Å². The van der Waals surface area contributed by atoms with Gasteiger partial charge in [-0.3, -0.25) is 4.79 Å². The van der Waals surface area contributed by atoms with E-state index in [1.807, 2.05) is 25.1 Å². The van der Waals surface area contributed by atoms with Crippen LogP contribution in [0.1, 0.15) is 25.0 Å². The summed E-state index contributed by atoms with van der Waals surface area (Å²) in [6.45, 7) is 5.40. The fourth-order valence-corrected chi connectivity index (χ4v) is 2.90. The number of carbonyl (C=O) groups excluding carboxylic acids is 1. The predicted octanol–water partition coefficient (Wildman–Crippen LogP) is 4.49. The van der Waals surface area contributed by atoms with E-state index in [0.29, 0.717) is 22.0 Å². The smallest absolute Gasteiger partial charge is 0.271 e. The standard InChI is InChI=1S/C18H17ClFNO2/c1-11-7-8-16-15(9-11)21(17(22)18(2,3)23-16)10-12-13(19)5-4-6-14(12)20/h4-9H,10H2,1-3H3. The normalized spacial score (nSPS) is 16.0. The molecule has 0 unspecified atom stereocenters. The van der Waals surface area contributed by atoms with Gasteiger partial charge in [-0.2, -0.15) is 0 Å². The number of amides is 1. The van der Waals surface area contributed by atoms with Gasteiger partial charge in [0.2, 0.25) is 0 Å². The Labute approximate surface area is 139 Å². The molecule has 0 aliphatic carbocycles. The Morgan fingerprint density at radius 3 is 2.70 bits per heavy atom. The number of carbonyl (C=O) groups is 1. The molecule has 0 saturated carbocycles. The average Bonchev–Trinajstić information content (AvgIpc) is 2.47. The van der Waals surface area contributed by atoms with Gasteiger partial charge in [-0.1, -0.05) is 23.7 Å². The van der Waals surface area contributed by atoms with Crippen molar-refractivity contribution in [1.82, 2.24) is 0 Å². The van der Waals surface area contributed by atoms with Crippen molar-refractivity contribution >= 4 is 23.2 Å². The van der Waals surface area contributed by atoms with E-state index in [-0.39, 0.29) is 12.5 Å². The first-order valence-corrected chi connectivity index (χ1v) is 7.72. The number of hydrogen-bond donors (Lipinski definition) is 0. The molecule has 0 bridgehead atoms. The molecular weight excluding hydrogens is 317 g/mol. The van der Waals surface area contributed by atoms with Crippen LogP contribution in [0.3, 0.4) is 0 Å². The fraction of sp³-hybridized carbons (Fsp3) is 0.278. The molecule has 0 atom stereocenters. The van der Waals surface area contributed by atoms with E-state index in [0.717, 1.165) is 5.56 Å². The van der Waals surface area contributed by atoms with Crippen molar-refractivity contribution in [3.05, 3.63) is 58.4 Å². The molecule has 1 aliphatic rings. The van der Waals surface area contributed by atoms with Crippen LogP contribution in [-0.4, -0.2) is 11.5 Å². The van der Waals surface area contributed by atoms with Gasteiger partial charge in [0.15, 0.2) is 5.60 Å². The molecule has 1 amide bonds. The highest BCUT2D eigenvalue weighted by atomic mass is 35.5. The van der Waals surface area contributed by atoms with Crippen LogP contribution in [0.5, 0.6) is 5.75 Å². The summed E-state index contributed by atoms with van der Waals surface area (Å²) in [5, 5.41) is 0.302. The zero-order chi connectivity index (χ0) is 16.8. The summed E-state index contributed by atoms with van der Waals surface area (Å²) in [6.07, 6.45) is 0. The maximum Gasteiger partial charge on any atom is 0.271 e. The third kappa shape index (κ3) is 2.79. The molecule has 3 rings (SSSR count). The summed E-state index contributed by atoms with van der Waals surface area (Å²) < 4.78 is 19.9. The molecule has 2 aromatic rings. The lowest BCUT2D eigenvalue weighted by molar-refractivity contribution is -0.132. The molecule has 0 saturated heterocycles. The van der Waals surface area contributed by atoms with E-state index in [1.54, 1.807) is 26.0 Å². The predicted molar refractivity (Wildman–Crippen MR) is 88.5 cm³/mol. The summed E-state index contributed by atoms with van der Waals surface area (Å²) in [5.74, 6) is -0.0496. The first-order valence-electron chi connectivity index (χ1n) is 7.34. The van der Waals surface area contributed by atoms with Gasteiger partial charge in [0.05, 0.1) is 12.2 Å². The van der Waals surface area contributed by atoms with Crippen molar-refractivity contribution in [3.8, 4) is 5.75 Å². The highest BCUT2D eigenvalue weighted by Crippen LogP contribution is 2.39. The summed E-state index contributed by atoms with van der Waals surface area (Å²) in [4.78, 5) is 14.3. The molecule has 0 spiro atoms. The summed E-state index contributed by atoms with van der Waals surface area (Å²) in [7, 11) is 0. The monoisotopic (exact) mass is 333 g/mol. The number of hydrogen-bond acceptors (Lipinski definition) is 2. The van der Waals surface area contributed by atoms with Crippen molar-refractivity contribution in [2.45, 2.75) is 32.9 Å². The summed E-state index contributed by atoms with van der Waals surface area (Å²) in [5.41, 5.74) is 0.908. The maximum atomic E-state index is 14.1. The lowest BCUT2D eigenvalue weighted by Crippen LogP contribution is -2.52. The molecule has 1 heterocycles. The Morgan fingerprint density at radius 1 is 1.26 bits per heavy atom. The van der Waals surface area contributed by atoms with E-state index in [9.17, 15) is 9.18 Å². The van der Waals surface area contributed by atoms with Gasteiger partial charge in [-0.05, 0) is 50.6 Å². The highest BCUT2D eigenvalue weighted by molar-refractivity contribution is 6.31. The first kappa shape index (κ1) is 15.8. The SMILES string of the molecule is Cc1ccc2c(c1)N(Cc1c(F)cccc1Cl)C(=O)C(C)(C)O2. The maximum absolute atomic E-state index is 14.1. The largest absolute Gasteiger partial charge is 0.476 e. The van der Waals surface area contributed by atoms with Crippen LogP contribution in [0.2, 0.25) is 5.02 Å². The third-order valence-electron chi connectivity index (χ3n) is 3.91. The number of fused-ring (bicyclic) bond motifs is 1. The molecule has 120 valence electrons. The second-order valence-electron chi connectivity index (χ2n) is 6.18. The van der Waals surface area contributed by atoms with Crippen LogP contribution in [0.15, 0.2) is 36.4 Å². The van der Waals surface area contributed by atoms with Crippen LogP contribution in [0.4, 0.5) is 10.1 Å². The van der Waals surface area contributed by atoms with Gasteiger partial charge in [0.25, 0.3) is 5.91 Å². The molecule has 3 nitrogen and oxygen atoms in total. The molecule has 0 radical (unpaired) electrons. The van der Waals surface area contributed by atoms with E-state index in [4.69, 9.17) is 16.3 Å². The molecule has 0 N–H and O–H groups in total. The minimum Gasteiger partial charge on any atom is -0.476 e. The van der Waals surface area contributed by atoms with Crippen LogP contribution >= 0.6 is 11.6 Å². The van der Waals surface area contributed by atoms with Gasteiger partial charge in [-0.25, -0.2) is 4.39 Å². The van der Waals surface area contributed by atoms with Crippen molar-refractivity contribution in [3.63, 3.8) is 0 Å². The van der Waals surface area contributed by atoms with Crippen LogP contribution in [-0.2, 0) is 11.3 Å². The minimum atomic E-state index is -1.01. The van der Waals surface area contributed by atoms with Gasteiger partial charge in [0.1, 0.15) is 11.6 Å². The van der Waals surface area contributed by atoms with Crippen LogP contribution in [0.25, 0.3) is 0 Å². The number of nitrogens with zero attached hydrogens (tertiary/aromatic N) is 1. The first-order chi connectivity index (χ1) is 10.8. The lowest BCUT2D eigenvalue weighted by Gasteiger charge is -2.39. The molecule has 5 heteroatoms. The number of aryl methyl sites for hydroxylation is 1. The fourth-order valence-electron chi connectivity index (χ4n) is 2.68. The highest BCUT2D eigenvalue weighted by Gasteiger charge is 2.41. The van der Waals surface area contributed by atoms with Gasteiger partial charge >= 0.3 is 0 Å². The Balaban J connectivity index is 2.10. The Hall–Kier alpha value is -2.07. The second-order valence-corrected chi connectivity index (χ2v) is 6.58. The van der Waals surface area contributed by atoms with Crippen molar-refractivity contribution in [1.29, 1.82) is 0 Å². The number of rotatable bonds is 2. The van der Waals surface area contributed by atoms with Gasteiger partial charge in [0, 0.05) is 10.6 Å². The van der Waals surface area contributed by atoms with E-state index < -0.39 is 11.4 Å². The quantitative estimate of drug-likeness (QED) is 0.810. The molecule has 1 aliphatic heterocycles. The molecule has 0 aromatic heterocycles. The molecule has 0 fully saturated rings. The molecular formula is C18H17ClFNO2. The molecule has 23 heavy (non-hydrogen) atoms. The minimum absolute atomic E-state index is 0.0631. The second kappa shape index (κ2) is 5.53. The molecule has 2 aromatic carbocycles. The Morgan fingerprint density at radius 2 is 2.00 bits per heavy atom. The number of ether oxygens (including phenoxy) is 1. The number of halogens is 2. The average molecular weight is 334 g/mol. The number of benzene rings is 2. The van der Waals surface area contributed by atoms with E-state index in [2.05, 4.69) is 0 Å². The van der Waals surface area contributed by atoms with Crippen molar-refractivity contribution in [2.24, 2.45) is 0 Å². The van der Waals surface area contributed by atoms with Gasteiger partial charge < -0.3 is 9.64 Å². The lowest BCUT2D eigenvalue weighted by atomic mass is 10.0. The van der Waals surface area contributed by atoms with E-state index >= 15 is 0 Å². The van der Waals surface area contributed by atoms with Crippen LogP contribution in [0, 0.1) is 12.7 Å². The Kier molecular flexibility index (Phi) is 3.80. The Bertz CT molecular complexity index is 768. The summed E-state index contributed by atoms with van der Waals surface area (Å²) in [6, 6.07) is 10.1. The van der Waals surface area contributed by atoms with Crippen LogP contribution < -0.4 is 9.64 Å². The van der Waals surface area contributed by atoms with Gasteiger partial charge in [-0.15, -0.1) is 0 Å². The summed E-state index contributed by atoms with van der Waals surface area (Å²) >= 11 is 6.12.